The third-order valence-corrected chi connectivity index (χ3v) is 6.06. The van der Waals surface area contributed by atoms with Gasteiger partial charge in [0.05, 0.1) is 16.6 Å². The van der Waals surface area contributed by atoms with E-state index in [4.69, 9.17) is 5.73 Å². The van der Waals surface area contributed by atoms with Gasteiger partial charge in [-0.2, -0.15) is 3.97 Å². The summed E-state index contributed by atoms with van der Waals surface area (Å²) in [6, 6.07) is 13.8. The van der Waals surface area contributed by atoms with Crippen LogP contribution < -0.4 is 11.4 Å². The van der Waals surface area contributed by atoms with Crippen LogP contribution in [0.15, 0.2) is 70.6 Å². The number of pyridine rings is 1. The van der Waals surface area contributed by atoms with Crippen LogP contribution in [-0.2, 0) is 16.6 Å². The Hall–Kier alpha value is -2.97. The first-order chi connectivity index (χ1) is 12.6. The predicted octanol–water partition coefficient (Wildman–Crippen LogP) is 1.55. The summed E-state index contributed by atoms with van der Waals surface area (Å²) in [6.07, 6.45) is 2.90. The van der Waals surface area contributed by atoms with Gasteiger partial charge in [-0.3, -0.25) is 9.55 Å². The molecular weight excluding hydrogens is 352 g/mol. The highest BCUT2D eigenvalue weighted by molar-refractivity contribution is 7.90. The van der Waals surface area contributed by atoms with E-state index in [0.717, 1.165) is 9.36 Å². The van der Waals surface area contributed by atoms with Gasteiger partial charge < -0.3 is 5.73 Å². The predicted molar refractivity (Wildman–Crippen MR) is 99.6 cm³/mol. The van der Waals surface area contributed by atoms with Crippen LogP contribution in [0.1, 0.15) is 0 Å². The molecule has 0 unspecified atom stereocenters. The number of hydrogen-bond acceptors (Lipinski definition) is 5. The molecule has 2 N–H and O–H groups in total. The van der Waals surface area contributed by atoms with Crippen molar-refractivity contribution in [3.05, 3.63) is 71.4 Å². The summed E-state index contributed by atoms with van der Waals surface area (Å²) in [5.74, 6) is 0. The monoisotopic (exact) mass is 368 g/mol. The molecule has 0 saturated heterocycles. The van der Waals surface area contributed by atoms with Crippen molar-refractivity contribution in [2.24, 2.45) is 5.73 Å². The summed E-state index contributed by atoms with van der Waals surface area (Å²) >= 11 is 0. The summed E-state index contributed by atoms with van der Waals surface area (Å²) < 4.78 is 29.0. The number of imidazole rings is 1. The van der Waals surface area contributed by atoms with E-state index in [9.17, 15) is 13.2 Å². The Bertz CT molecular complexity index is 1280. The van der Waals surface area contributed by atoms with Gasteiger partial charge in [-0.1, -0.05) is 36.4 Å². The number of aromatic nitrogens is 3. The summed E-state index contributed by atoms with van der Waals surface area (Å²) in [5, 5.41) is 1.34. The molecule has 2 aromatic carbocycles. The molecule has 0 spiro atoms. The lowest BCUT2D eigenvalue weighted by atomic mass is 10.1. The highest BCUT2D eigenvalue weighted by atomic mass is 32.2. The lowest BCUT2D eigenvalue weighted by Gasteiger charge is -2.09. The fourth-order valence-corrected chi connectivity index (χ4v) is 4.79. The molecule has 0 fully saturated rings. The molecule has 0 atom stereocenters. The second kappa shape index (κ2) is 6.08. The minimum absolute atomic E-state index is 0.0772. The first-order valence-corrected chi connectivity index (χ1v) is 9.48. The number of hydrogen-bond donors (Lipinski definition) is 1. The smallest absolute Gasteiger partial charge is 0.329 e. The highest BCUT2D eigenvalue weighted by Gasteiger charge is 2.26. The van der Waals surface area contributed by atoms with Crippen LogP contribution in [0.4, 0.5) is 0 Å². The van der Waals surface area contributed by atoms with E-state index in [2.05, 4.69) is 4.98 Å². The lowest BCUT2D eigenvalue weighted by molar-refractivity contribution is 0.584. The fourth-order valence-electron chi connectivity index (χ4n) is 3.18. The quantitative estimate of drug-likeness (QED) is 0.589. The molecule has 0 aliphatic carbocycles. The molecule has 0 saturated carbocycles. The zero-order chi connectivity index (χ0) is 18.3. The second-order valence-corrected chi connectivity index (χ2v) is 7.59. The molecule has 8 heteroatoms. The van der Waals surface area contributed by atoms with Gasteiger partial charge in [-0.05, 0) is 17.5 Å². The summed E-state index contributed by atoms with van der Waals surface area (Å²) in [6.45, 7) is 0.438. The third-order valence-electron chi connectivity index (χ3n) is 4.31. The highest BCUT2D eigenvalue weighted by Crippen LogP contribution is 2.26. The summed E-state index contributed by atoms with van der Waals surface area (Å²) in [4.78, 5) is 17.0. The Morgan fingerprint density at radius 2 is 1.77 bits per heavy atom. The molecule has 4 aromatic rings. The van der Waals surface area contributed by atoms with Crippen LogP contribution in [-0.4, -0.2) is 28.5 Å². The number of nitrogens with zero attached hydrogens (tertiary/aromatic N) is 3. The van der Waals surface area contributed by atoms with E-state index in [-0.39, 0.29) is 23.5 Å². The number of benzene rings is 2. The molecule has 7 nitrogen and oxygen atoms in total. The Balaban J connectivity index is 2.09. The van der Waals surface area contributed by atoms with E-state index >= 15 is 0 Å². The molecule has 2 aromatic heterocycles. The van der Waals surface area contributed by atoms with E-state index in [1.165, 1.54) is 23.0 Å². The van der Waals surface area contributed by atoms with Crippen molar-refractivity contribution < 1.29 is 8.42 Å². The van der Waals surface area contributed by atoms with Crippen molar-refractivity contribution in [3.63, 3.8) is 0 Å². The summed E-state index contributed by atoms with van der Waals surface area (Å²) in [7, 11) is -4.12. The molecule has 2 heterocycles. The van der Waals surface area contributed by atoms with Crippen molar-refractivity contribution in [1.29, 1.82) is 0 Å². The molecule has 0 bridgehead atoms. The van der Waals surface area contributed by atoms with Crippen LogP contribution in [0.2, 0.25) is 0 Å². The van der Waals surface area contributed by atoms with Crippen molar-refractivity contribution in [2.45, 2.75) is 11.4 Å². The molecule has 4 rings (SSSR count). The van der Waals surface area contributed by atoms with Crippen LogP contribution in [0.25, 0.3) is 21.8 Å². The van der Waals surface area contributed by atoms with Gasteiger partial charge in [0.15, 0.2) is 0 Å². The molecular formula is C18H16N4O3S. The zero-order valence-electron chi connectivity index (χ0n) is 13.7. The maximum atomic E-state index is 13.4. The third kappa shape index (κ3) is 2.34. The standard InChI is InChI=1S/C18H16N4O3S/c19-9-11-21-15-8-10-20-12-16(15)22(18(21)23)26(24,25)17-7-3-5-13-4-1-2-6-14(13)17/h1-8,10,12H,9,11,19H2. The fraction of sp³-hybridized carbons (Fsp3) is 0.111. The first-order valence-electron chi connectivity index (χ1n) is 8.04. The lowest BCUT2D eigenvalue weighted by Crippen LogP contribution is -2.31. The van der Waals surface area contributed by atoms with E-state index in [0.29, 0.717) is 10.9 Å². The Morgan fingerprint density at radius 1 is 1.00 bits per heavy atom. The normalized spacial score (nSPS) is 12.0. The number of nitrogens with two attached hydrogens (primary N) is 1. The van der Waals surface area contributed by atoms with Crippen molar-refractivity contribution in [1.82, 2.24) is 13.5 Å². The maximum Gasteiger partial charge on any atom is 0.343 e. The first kappa shape index (κ1) is 16.5. The van der Waals surface area contributed by atoms with Gasteiger partial charge in [0.2, 0.25) is 0 Å². The average molecular weight is 368 g/mol. The Labute approximate surface area is 149 Å². The minimum atomic E-state index is -4.12. The largest absolute Gasteiger partial charge is 0.343 e. The SMILES string of the molecule is NCCn1c(=O)n(S(=O)(=O)c2cccc3ccccc23)c2cnccc21. The van der Waals surface area contributed by atoms with E-state index in [1.807, 2.05) is 18.2 Å². The van der Waals surface area contributed by atoms with Crippen LogP contribution in [0, 0.1) is 0 Å². The van der Waals surface area contributed by atoms with Gasteiger partial charge in [0.1, 0.15) is 5.52 Å². The number of rotatable bonds is 4. The molecule has 0 radical (unpaired) electrons. The Kier molecular flexibility index (Phi) is 3.86. The van der Waals surface area contributed by atoms with Crippen molar-refractivity contribution in [3.8, 4) is 0 Å². The molecule has 0 aliphatic heterocycles. The van der Waals surface area contributed by atoms with Gasteiger partial charge in [-0.15, -0.1) is 0 Å². The molecule has 26 heavy (non-hydrogen) atoms. The zero-order valence-corrected chi connectivity index (χ0v) is 14.6. The Morgan fingerprint density at radius 3 is 2.58 bits per heavy atom. The minimum Gasteiger partial charge on any atom is -0.329 e. The molecule has 0 aliphatic rings. The van der Waals surface area contributed by atoms with Crippen LogP contribution >= 0.6 is 0 Å². The van der Waals surface area contributed by atoms with Crippen molar-refractivity contribution in [2.75, 3.05) is 6.54 Å². The summed E-state index contributed by atoms with van der Waals surface area (Å²) in [5.41, 5.74) is 5.66. The average Bonchev–Trinajstić information content (AvgIpc) is 2.94. The molecule has 132 valence electrons. The van der Waals surface area contributed by atoms with Gasteiger partial charge in [0, 0.05) is 24.7 Å². The van der Waals surface area contributed by atoms with Gasteiger partial charge in [0.25, 0.3) is 10.0 Å². The van der Waals surface area contributed by atoms with Crippen LogP contribution in [0.3, 0.4) is 0 Å². The molecule has 0 amide bonds. The van der Waals surface area contributed by atoms with E-state index < -0.39 is 15.7 Å². The number of fused-ring (bicyclic) bond motifs is 2. The van der Waals surface area contributed by atoms with Gasteiger partial charge in [-0.25, -0.2) is 13.2 Å². The topological polar surface area (TPSA) is 100.0 Å². The van der Waals surface area contributed by atoms with Crippen LogP contribution in [0.5, 0.6) is 0 Å². The van der Waals surface area contributed by atoms with Crippen molar-refractivity contribution >= 4 is 31.8 Å². The van der Waals surface area contributed by atoms with Gasteiger partial charge >= 0.3 is 5.69 Å². The maximum absolute atomic E-state index is 13.4. The van der Waals surface area contributed by atoms with E-state index in [1.54, 1.807) is 24.3 Å². The second-order valence-electron chi connectivity index (χ2n) is 5.83.